The molecule has 0 spiro atoms. The zero-order chi connectivity index (χ0) is 19.8. The van der Waals surface area contributed by atoms with Crippen molar-refractivity contribution in [3.63, 3.8) is 0 Å². The molecule has 5 heteroatoms. The van der Waals surface area contributed by atoms with Gasteiger partial charge in [0.2, 0.25) is 0 Å². The normalized spacial score (nSPS) is 12.3. The molecule has 3 aromatic heterocycles. The molecule has 0 aliphatic rings. The fourth-order valence-electron chi connectivity index (χ4n) is 3.76. The van der Waals surface area contributed by atoms with E-state index in [1.165, 1.54) is 10.9 Å². The zero-order valence-corrected chi connectivity index (χ0v) is 16.4. The van der Waals surface area contributed by atoms with Gasteiger partial charge in [0, 0.05) is 48.6 Å². The molecule has 0 radical (unpaired) electrons. The van der Waals surface area contributed by atoms with Crippen LogP contribution < -0.4 is 5.32 Å². The topological polar surface area (TPSA) is 55.6 Å². The number of nitrogens with one attached hydrogen (secondary N) is 1. The van der Waals surface area contributed by atoms with Crippen molar-refractivity contribution in [1.29, 1.82) is 0 Å². The van der Waals surface area contributed by atoms with Crippen LogP contribution in [0.25, 0.3) is 33.1 Å². The van der Waals surface area contributed by atoms with Gasteiger partial charge in [-0.25, -0.2) is 0 Å². The number of fused-ring (bicyclic) bond motifs is 2. The van der Waals surface area contributed by atoms with Crippen molar-refractivity contribution in [3.05, 3.63) is 85.1 Å². The monoisotopic (exact) mass is 379 g/mol. The Hall–Kier alpha value is -3.73. The number of anilines is 1. The van der Waals surface area contributed by atoms with Gasteiger partial charge >= 0.3 is 0 Å². The fourth-order valence-corrected chi connectivity index (χ4v) is 3.76. The molecule has 0 amide bonds. The van der Waals surface area contributed by atoms with Gasteiger partial charge in [0.15, 0.2) is 0 Å². The van der Waals surface area contributed by atoms with Crippen LogP contribution in [0.5, 0.6) is 0 Å². The second-order valence-corrected chi connectivity index (χ2v) is 7.27. The molecule has 5 nitrogen and oxygen atoms in total. The summed E-state index contributed by atoms with van der Waals surface area (Å²) in [5.74, 6) is 0. The molecule has 0 aliphatic carbocycles. The van der Waals surface area contributed by atoms with E-state index >= 15 is 0 Å². The number of rotatable bonds is 4. The lowest BCUT2D eigenvalue weighted by molar-refractivity contribution is 0.840. The smallest absolute Gasteiger partial charge is 0.0966 e. The van der Waals surface area contributed by atoms with Crippen LogP contribution in [0.4, 0.5) is 5.69 Å². The molecule has 5 rings (SSSR count). The van der Waals surface area contributed by atoms with Crippen LogP contribution in [0.3, 0.4) is 0 Å². The van der Waals surface area contributed by atoms with Crippen molar-refractivity contribution >= 4 is 27.6 Å². The van der Waals surface area contributed by atoms with E-state index in [-0.39, 0.29) is 6.04 Å². The van der Waals surface area contributed by atoms with E-state index in [4.69, 9.17) is 0 Å². The first kappa shape index (κ1) is 17.4. The van der Waals surface area contributed by atoms with Crippen LogP contribution in [-0.2, 0) is 7.05 Å². The highest BCUT2D eigenvalue weighted by atomic mass is 14.9. The van der Waals surface area contributed by atoms with Crippen LogP contribution in [0, 0.1) is 0 Å². The molecule has 0 aliphatic heterocycles. The number of hydrogen-bond acceptors (Lipinski definition) is 4. The van der Waals surface area contributed by atoms with Crippen molar-refractivity contribution in [2.24, 2.45) is 7.05 Å². The Bertz CT molecular complexity index is 1310. The standard InChI is InChI=1S/C24H21N5/c1-16(21-5-3-4-9-25-21)28-19-14-20(24-22(15-19)26-10-11-27-24)18-7-6-17-8-12-29(2)23(17)13-18/h3-16,28H,1-2H3. The molecule has 1 atom stereocenters. The highest BCUT2D eigenvalue weighted by molar-refractivity contribution is 5.97. The predicted molar refractivity (Wildman–Crippen MR) is 118 cm³/mol. The molecule has 0 saturated heterocycles. The van der Waals surface area contributed by atoms with Crippen molar-refractivity contribution in [2.75, 3.05) is 5.32 Å². The van der Waals surface area contributed by atoms with Crippen LogP contribution in [0.2, 0.25) is 0 Å². The van der Waals surface area contributed by atoms with Crippen LogP contribution in [0.1, 0.15) is 18.7 Å². The maximum atomic E-state index is 4.62. The first-order valence-corrected chi connectivity index (χ1v) is 9.67. The van der Waals surface area contributed by atoms with Crippen LogP contribution >= 0.6 is 0 Å². The lowest BCUT2D eigenvalue weighted by Gasteiger charge is -2.17. The Labute approximate surface area is 169 Å². The Kier molecular flexibility index (Phi) is 4.21. The van der Waals surface area contributed by atoms with E-state index in [1.54, 1.807) is 12.4 Å². The molecule has 1 N–H and O–H groups in total. The number of aromatic nitrogens is 4. The SMILES string of the molecule is CC(Nc1cc(-c2ccc3ccn(C)c3c2)c2nccnc2c1)c1ccccn1. The number of pyridine rings is 1. The highest BCUT2D eigenvalue weighted by Crippen LogP contribution is 2.33. The second-order valence-electron chi connectivity index (χ2n) is 7.27. The second kappa shape index (κ2) is 7.02. The van der Waals surface area contributed by atoms with Gasteiger partial charge < -0.3 is 9.88 Å². The van der Waals surface area contributed by atoms with E-state index in [9.17, 15) is 0 Å². The largest absolute Gasteiger partial charge is 0.377 e. The summed E-state index contributed by atoms with van der Waals surface area (Å²) in [4.78, 5) is 13.6. The summed E-state index contributed by atoms with van der Waals surface area (Å²) < 4.78 is 2.14. The minimum Gasteiger partial charge on any atom is -0.377 e. The minimum atomic E-state index is 0.0773. The van der Waals surface area contributed by atoms with Gasteiger partial charge in [0.05, 0.1) is 22.8 Å². The molecule has 1 unspecified atom stereocenters. The summed E-state index contributed by atoms with van der Waals surface area (Å²) in [6, 6.07) is 18.9. The molecule has 5 aromatic rings. The summed E-state index contributed by atoms with van der Waals surface area (Å²) in [7, 11) is 2.07. The fraction of sp³-hybridized carbons (Fsp3) is 0.125. The summed E-state index contributed by atoms with van der Waals surface area (Å²) in [6.45, 7) is 2.11. The average Bonchev–Trinajstić information content (AvgIpc) is 3.14. The number of hydrogen-bond donors (Lipinski definition) is 1. The zero-order valence-electron chi connectivity index (χ0n) is 16.4. The molecule has 0 bridgehead atoms. The third-order valence-electron chi connectivity index (χ3n) is 5.29. The quantitative estimate of drug-likeness (QED) is 0.457. The summed E-state index contributed by atoms with van der Waals surface area (Å²) >= 11 is 0. The van der Waals surface area contributed by atoms with E-state index in [0.717, 1.165) is 33.5 Å². The maximum Gasteiger partial charge on any atom is 0.0966 e. The van der Waals surface area contributed by atoms with Crippen LogP contribution in [0.15, 0.2) is 79.4 Å². The number of nitrogens with zero attached hydrogens (tertiary/aromatic N) is 4. The Morgan fingerprint density at radius 1 is 0.897 bits per heavy atom. The van der Waals surface area contributed by atoms with E-state index in [1.807, 2.05) is 30.5 Å². The predicted octanol–water partition coefficient (Wildman–Crippen LogP) is 5.36. The average molecular weight is 379 g/mol. The van der Waals surface area contributed by atoms with Gasteiger partial charge in [-0.15, -0.1) is 0 Å². The van der Waals surface area contributed by atoms with Crippen molar-refractivity contribution < 1.29 is 0 Å². The molecule has 3 heterocycles. The summed E-state index contributed by atoms with van der Waals surface area (Å²) in [5.41, 5.74) is 7.15. The van der Waals surface area contributed by atoms with E-state index < -0.39 is 0 Å². The number of aryl methyl sites for hydroxylation is 1. The Balaban J connectivity index is 1.63. The van der Waals surface area contributed by atoms with Gasteiger partial charge in [-0.3, -0.25) is 15.0 Å². The highest BCUT2D eigenvalue weighted by Gasteiger charge is 2.12. The molecule has 0 saturated carbocycles. The van der Waals surface area contributed by atoms with E-state index in [2.05, 4.69) is 75.3 Å². The van der Waals surface area contributed by atoms with Crippen molar-refractivity contribution in [3.8, 4) is 11.1 Å². The van der Waals surface area contributed by atoms with Crippen molar-refractivity contribution in [1.82, 2.24) is 19.5 Å². The summed E-state index contributed by atoms with van der Waals surface area (Å²) in [5, 5.41) is 4.80. The molecular formula is C24H21N5. The molecule has 142 valence electrons. The molecule has 29 heavy (non-hydrogen) atoms. The van der Waals surface area contributed by atoms with Gasteiger partial charge in [-0.1, -0.05) is 18.2 Å². The first-order chi connectivity index (χ1) is 14.2. The van der Waals surface area contributed by atoms with Gasteiger partial charge in [0.1, 0.15) is 0 Å². The lowest BCUT2D eigenvalue weighted by Crippen LogP contribution is -2.08. The van der Waals surface area contributed by atoms with E-state index in [0.29, 0.717) is 0 Å². The molecule has 2 aromatic carbocycles. The Morgan fingerprint density at radius 2 is 1.79 bits per heavy atom. The minimum absolute atomic E-state index is 0.0773. The van der Waals surface area contributed by atoms with Crippen LogP contribution in [-0.4, -0.2) is 19.5 Å². The first-order valence-electron chi connectivity index (χ1n) is 9.67. The lowest BCUT2D eigenvalue weighted by atomic mass is 10.0. The Morgan fingerprint density at radius 3 is 2.66 bits per heavy atom. The third-order valence-corrected chi connectivity index (χ3v) is 5.29. The van der Waals surface area contributed by atoms with Gasteiger partial charge in [-0.05, 0) is 54.3 Å². The number of benzene rings is 2. The maximum absolute atomic E-state index is 4.62. The third kappa shape index (κ3) is 3.21. The molecular weight excluding hydrogens is 358 g/mol. The summed E-state index contributed by atoms with van der Waals surface area (Å²) in [6.07, 6.45) is 7.38. The van der Waals surface area contributed by atoms with Crippen molar-refractivity contribution in [2.45, 2.75) is 13.0 Å². The van der Waals surface area contributed by atoms with Gasteiger partial charge in [-0.2, -0.15) is 0 Å². The van der Waals surface area contributed by atoms with Gasteiger partial charge in [0.25, 0.3) is 0 Å². The molecule has 0 fully saturated rings.